The minimum absolute atomic E-state index is 0.0680. The first-order chi connectivity index (χ1) is 9.52. The first-order valence-electron chi connectivity index (χ1n) is 6.63. The van der Waals surface area contributed by atoms with Crippen LogP contribution in [-0.2, 0) is 10.0 Å². The number of primary sulfonamides is 1. The van der Waals surface area contributed by atoms with Gasteiger partial charge in [0.2, 0.25) is 10.0 Å². The number of amides is 1. The second-order valence-corrected chi connectivity index (χ2v) is 7.81. The molecule has 1 unspecified atom stereocenters. The summed E-state index contributed by atoms with van der Waals surface area (Å²) >= 11 is 0. The van der Waals surface area contributed by atoms with Crippen LogP contribution >= 0.6 is 0 Å². The summed E-state index contributed by atoms with van der Waals surface area (Å²) in [5.74, 6) is -0.981. The van der Waals surface area contributed by atoms with E-state index in [4.69, 9.17) is 5.14 Å². The maximum absolute atomic E-state index is 14.0. The van der Waals surface area contributed by atoms with Crippen LogP contribution in [0.5, 0.6) is 0 Å². The van der Waals surface area contributed by atoms with Gasteiger partial charge in [0.1, 0.15) is 5.82 Å². The zero-order valence-corrected chi connectivity index (χ0v) is 13.1. The van der Waals surface area contributed by atoms with Crippen molar-refractivity contribution in [2.75, 3.05) is 6.54 Å². The smallest absolute Gasteiger partial charge is 0.254 e. The Bertz CT molecular complexity index is 698. The molecule has 21 heavy (non-hydrogen) atoms. The molecular formula is C14H19FN2O3S. The predicted octanol–water partition coefficient (Wildman–Crippen LogP) is 1.56. The van der Waals surface area contributed by atoms with Crippen molar-refractivity contribution in [2.24, 2.45) is 16.5 Å². The van der Waals surface area contributed by atoms with Gasteiger partial charge >= 0.3 is 0 Å². The zero-order chi connectivity index (χ0) is 16.0. The second-order valence-electron chi connectivity index (χ2n) is 6.25. The van der Waals surface area contributed by atoms with E-state index in [0.717, 1.165) is 18.6 Å². The Morgan fingerprint density at radius 1 is 1.48 bits per heavy atom. The summed E-state index contributed by atoms with van der Waals surface area (Å²) in [6.45, 7) is 6.03. The highest BCUT2D eigenvalue weighted by molar-refractivity contribution is 7.89. The number of rotatable bonds is 4. The Labute approximate surface area is 123 Å². The van der Waals surface area contributed by atoms with E-state index in [1.54, 1.807) is 0 Å². The Morgan fingerprint density at radius 2 is 2.05 bits per heavy atom. The van der Waals surface area contributed by atoms with Crippen LogP contribution in [-0.4, -0.2) is 20.9 Å². The minimum Gasteiger partial charge on any atom is -0.352 e. The van der Waals surface area contributed by atoms with E-state index in [9.17, 15) is 17.6 Å². The number of aryl methyl sites for hydroxylation is 1. The first-order valence-corrected chi connectivity index (χ1v) is 8.18. The normalized spacial score (nSPS) is 20.1. The second kappa shape index (κ2) is 5.06. The summed E-state index contributed by atoms with van der Waals surface area (Å²) < 4.78 is 36.7. The maximum atomic E-state index is 14.0. The van der Waals surface area contributed by atoms with Crippen molar-refractivity contribution < 1.29 is 17.6 Å². The number of nitrogens with two attached hydrogens (primary N) is 1. The molecule has 0 radical (unpaired) electrons. The molecule has 1 saturated carbocycles. The van der Waals surface area contributed by atoms with Crippen LogP contribution in [0.4, 0.5) is 4.39 Å². The summed E-state index contributed by atoms with van der Waals surface area (Å²) in [7, 11) is -3.98. The van der Waals surface area contributed by atoms with Gasteiger partial charge in [-0.05, 0) is 42.4 Å². The van der Waals surface area contributed by atoms with Crippen LogP contribution < -0.4 is 10.5 Å². The molecule has 1 aromatic carbocycles. The number of benzene rings is 1. The molecule has 0 saturated heterocycles. The molecular weight excluding hydrogens is 295 g/mol. The van der Waals surface area contributed by atoms with Crippen molar-refractivity contribution in [1.29, 1.82) is 0 Å². The minimum atomic E-state index is -3.98. The molecule has 116 valence electrons. The zero-order valence-electron chi connectivity index (χ0n) is 12.2. The molecule has 1 amide bonds. The molecule has 1 aromatic rings. The number of carbonyl (C=O) groups is 1. The van der Waals surface area contributed by atoms with Crippen molar-refractivity contribution in [2.45, 2.75) is 32.1 Å². The van der Waals surface area contributed by atoms with Gasteiger partial charge in [0.25, 0.3) is 5.91 Å². The van der Waals surface area contributed by atoms with Crippen LogP contribution in [0, 0.1) is 24.1 Å². The van der Waals surface area contributed by atoms with E-state index >= 15 is 0 Å². The predicted molar refractivity (Wildman–Crippen MR) is 76.7 cm³/mol. The van der Waals surface area contributed by atoms with Crippen LogP contribution in [0.2, 0.25) is 0 Å². The third-order valence-electron chi connectivity index (χ3n) is 4.03. The number of sulfonamides is 1. The van der Waals surface area contributed by atoms with E-state index in [0.29, 0.717) is 12.5 Å². The Morgan fingerprint density at radius 3 is 2.52 bits per heavy atom. The topological polar surface area (TPSA) is 89.3 Å². The number of nitrogens with one attached hydrogen (secondary N) is 1. The van der Waals surface area contributed by atoms with Gasteiger partial charge < -0.3 is 5.32 Å². The largest absolute Gasteiger partial charge is 0.352 e. The molecule has 5 nitrogen and oxygen atoms in total. The number of carbonyl (C=O) groups excluding carboxylic acids is 1. The molecule has 0 spiro atoms. The lowest BCUT2D eigenvalue weighted by Crippen LogP contribution is -2.28. The monoisotopic (exact) mass is 314 g/mol. The fraction of sp³-hybridized carbons (Fsp3) is 0.500. The average molecular weight is 314 g/mol. The Hall–Kier alpha value is -1.47. The Kier molecular flexibility index (Phi) is 3.84. The third kappa shape index (κ3) is 3.41. The first kappa shape index (κ1) is 15.9. The van der Waals surface area contributed by atoms with Crippen molar-refractivity contribution in [3.8, 4) is 0 Å². The molecule has 2 rings (SSSR count). The van der Waals surface area contributed by atoms with Gasteiger partial charge in [0.05, 0.1) is 10.5 Å². The number of hydrogen-bond donors (Lipinski definition) is 2. The molecule has 0 bridgehead atoms. The average Bonchev–Trinajstić information content (AvgIpc) is 2.96. The van der Waals surface area contributed by atoms with Crippen LogP contribution in [0.1, 0.15) is 36.2 Å². The lowest BCUT2D eigenvalue weighted by molar-refractivity contribution is 0.0946. The van der Waals surface area contributed by atoms with Crippen LogP contribution in [0.15, 0.2) is 17.0 Å². The number of hydrogen-bond acceptors (Lipinski definition) is 3. The van der Waals surface area contributed by atoms with Gasteiger partial charge in [-0.15, -0.1) is 0 Å². The van der Waals surface area contributed by atoms with E-state index in [-0.39, 0.29) is 21.4 Å². The molecule has 0 heterocycles. The standard InChI is InChI=1S/C14H19FN2O3S/c1-8-4-10(21(16,19)20)5-11(12(8)15)13(18)17-7-9-6-14(9,2)3/h4-5,9H,6-7H2,1-3H3,(H,17,18)(H2,16,19,20). The maximum Gasteiger partial charge on any atom is 0.254 e. The number of halogens is 1. The lowest BCUT2D eigenvalue weighted by Gasteiger charge is -2.10. The fourth-order valence-electron chi connectivity index (χ4n) is 2.30. The third-order valence-corrected chi connectivity index (χ3v) is 4.92. The van der Waals surface area contributed by atoms with Crippen LogP contribution in [0.3, 0.4) is 0 Å². The summed E-state index contributed by atoms with van der Waals surface area (Å²) in [5, 5.41) is 7.68. The summed E-state index contributed by atoms with van der Waals surface area (Å²) in [6, 6.07) is 2.09. The summed E-state index contributed by atoms with van der Waals surface area (Å²) in [6.07, 6.45) is 1.01. The summed E-state index contributed by atoms with van der Waals surface area (Å²) in [5.41, 5.74) is -0.0274. The SMILES string of the molecule is Cc1cc(S(N)(=O)=O)cc(C(=O)NCC2CC2(C)C)c1F. The van der Waals surface area contributed by atoms with Gasteiger partial charge in [-0.25, -0.2) is 17.9 Å². The fourth-order valence-corrected chi connectivity index (χ4v) is 2.92. The van der Waals surface area contributed by atoms with Crippen molar-refractivity contribution in [3.05, 3.63) is 29.1 Å². The van der Waals surface area contributed by atoms with Gasteiger partial charge in [0.15, 0.2) is 0 Å². The quantitative estimate of drug-likeness (QED) is 0.883. The Balaban J connectivity index is 2.22. The van der Waals surface area contributed by atoms with Crippen molar-refractivity contribution in [3.63, 3.8) is 0 Å². The molecule has 1 aliphatic carbocycles. The highest BCUT2D eigenvalue weighted by Crippen LogP contribution is 2.50. The molecule has 1 fully saturated rings. The molecule has 7 heteroatoms. The lowest BCUT2D eigenvalue weighted by atomic mass is 10.1. The van der Waals surface area contributed by atoms with Crippen molar-refractivity contribution >= 4 is 15.9 Å². The summed E-state index contributed by atoms with van der Waals surface area (Å²) in [4.78, 5) is 11.8. The molecule has 1 atom stereocenters. The molecule has 0 aliphatic heterocycles. The van der Waals surface area contributed by atoms with E-state index < -0.39 is 21.7 Å². The molecule has 0 aromatic heterocycles. The highest BCUT2D eigenvalue weighted by Gasteiger charge is 2.45. The van der Waals surface area contributed by atoms with Crippen molar-refractivity contribution in [1.82, 2.24) is 5.32 Å². The van der Waals surface area contributed by atoms with Gasteiger partial charge in [0, 0.05) is 6.54 Å². The van der Waals surface area contributed by atoms with Gasteiger partial charge in [-0.1, -0.05) is 13.8 Å². The van der Waals surface area contributed by atoms with E-state index in [1.165, 1.54) is 6.92 Å². The van der Waals surface area contributed by atoms with Gasteiger partial charge in [-0.3, -0.25) is 4.79 Å². The van der Waals surface area contributed by atoms with Crippen LogP contribution in [0.25, 0.3) is 0 Å². The van der Waals surface area contributed by atoms with Gasteiger partial charge in [-0.2, -0.15) is 0 Å². The highest BCUT2D eigenvalue weighted by atomic mass is 32.2. The molecule has 1 aliphatic rings. The van der Waals surface area contributed by atoms with E-state index in [1.807, 2.05) is 0 Å². The molecule has 3 N–H and O–H groups in total. The van der Waals surface area contributed by atoms with E-state index in [2.05, 4.69) is 19.2 Å².